The van der Waals surface area contributed by atoms with Crippen molar-refractivity contribution in [3.05, 3.63) is 59.7 Å². The van der Waals surface area contributed by atoms with E-state index in [-0.39, 0.29) is 5.97 Å². The lowest BCUT2D eigenvalue weighted by molar-refractivity contribution is -0.145. The highest BCUT2D eigenvalue weighted by atomic mass is 16.5. The zero-order valence-electron chi connectivity index (χ0n) is 15.9. The minimum absolute atomic E-state index is 0.222. The van der Waals surface area contributed by atoms with Crippen LogP contribution in [0.1, 0.15) is 44.7 Å². The SMILES string of the molecule is CC(C)N(CCOC(=O)C1c2ccccc2Oc2ccccc21)C(C)C. The number of nitrogens with zero attached hydrogens (tertiary/aromatic N) is 1. The van der Waals surface area contributed by atoms with Crippen LogP contribution >= 0.6 is 0 Å². The molecule has 0 N–H and O–H groups in total. The summed E-state index contributed by atoms with van der Waals surface area (Å²) >= 11 is 0. The Morgan fingerprint density at radius 2 is 1.46 bits per heavy atom. The van der Waals surface area contributed by atoms with Crippen LogP contribution in [0.15, 0.2) is 48.5 Å². The second-order valence-electron chi connectivity index (χ2n) is 7.20. The van der Waals surface area contributed by atoms with Gasteiger partial charge in [0.2, 0.25) is 0 Å². The number of hydrogen-bond acceptors (Lipinski definition) is 4. The third-order valence-corrected chi connectivity index (χ3v) is 4.84. The molecule has 0 saturated heterocycles. The summed E-state index contributed by atoms with van der Waals surface area (Å²) in [4.78, 5) is 15.3. The maximum Gasteiger partial charge on any atom is 0.318 e. The van der Waals surface area contributed by atoms with Crippen molar-refractivity contribution in [1.29, 1.82) is 0 Å². The van der Waals surface area contributed by atoms with Crippen LogP contribution in [-0.2, 0) is 9.53 Å². The number of hydrogen-bond donors (Lipinski definition) is 0. The predicted octanol–water partition coefficient (Wildman–Crippen LogP) is 4.59. The number of para-hydroxylation sites is 2. The van der Waals surface area contributed by atoms with E-state index in [0.717, 1.165) is 29.2 Å². The number of esters is 1. The Bertz CT molecular complexity index is 716. The minimum Gasteiger partial charge on any atom is -0.464 e. The summed E-state index contributed by atoms with van der Waals surface area (Å²) in [6.45, 7) is 9.75. The maximum atomic E-state index is 12.9. The van der Waals surface area contributed by atoms with Crippen molar-refractivity contribution >= 4 is 5.97 Å². The Labute approximate surface area is 155 Å². The molecule has 2 aromatic carbocycles. The Morgan fingerprint density at radius 3 is 1.96 bits per heavy atom. The summed E-state index contributed by atoms with van der Waals surface area (Å²) in [6.07, 6.45) is 0. The summed E-state index contributed by atoms with van der Waals surface area (Å²) in [6, 6.07) is 16.2. The van der Waals surface area contributed by atoms with E-state index in [9.17, 15) is 4.79 Å². The fourth-order valence-electron chi connectivity index (χ4n) is 3.61. The van der Waals surface area contributed by atoms with Crippen molar-refractivity contribution < 1.29 is 14.3 Å². The van der Waals surface area contributed by atoms with Gasteiger partial charge in [-0.3, -0.25) is 9.69 Å². The molecule has 0 atom stereocenters. The van der Waals surface area contributed by atoms with Gasteiger partial charge >= 0.3 is 5.97 Å². The summed E-state index contributed by atoms with van der Waals surface area (Å²) < 4.78 is 11.6. The molecule has 26 heavy (non-hydrogen) atoms. The number of benzene rings is 2. The summed E-state index contributed by atoms with van der Waals surface area (Å²) in [5, 5.41) is 0. The summed E-state index contributed by atoms with van der Waals surface area (Å²) in [7, 11) is 0. The second kappa shape index (κ2) is 7.92. The molecule has 0 aliphatic carbocycles. The van der Waals surface area contributed by atoms with E-state index in [2.05, 4.69) is 32.6 Å². The first kappa shape index (κ1) is 18.5. The monoisotopic (exact) mass is 353 g/mol. The lowest BCUT2D eigenvalue weighted by Crippen LogP contribution is -2.39. The van der Waals surface area contributed by atoms with Crippen molar-refractivity contribution in [3.8, 4) is 11.5 Å². The number of ether oxygens (including phenoxy) is 2. The Morgan fingerprint density at radius 1 is 0.962 bits per heavy atom. The van der Waals surface area contributed by atoms with Gasteiger partial charge in [-0.15, -0.1) is 0 Å². The predicted molar refractivity (Wildman–Crippen MR) is 103 cm³/mol. The Kier molecular flexibility index (Phi) is 5.62. The molecule has 2 aromatic rings. The molecule has 0 amide bonds. The van der Waals surface area contributed by atoms with Gasteiger partial charge in [-0.25, -0.2) is 0 Å². The molecule has 138 valence electrons. The van der Waals surface area contributed by atoms with Gasteiger partial charge in [0.05, 0.1) is 0 Å². The Balaban J connectivity index is 1.77. The third-order valence-electron chi connectivity index (χ3n) is 4.84. The largest absolute Gasteiger partial charge is 0.464 e. The zero-order chi connectivity index (χ0) is 18.7. The lowest BCUT2D eigenvalue weighted by atomic mass is 9.88. The highest BCUT2D eigenvalue weighted by Crippen LogP contribution is 2.44. The minimum atomic E-state index is -0.442. The number of carbonyl (C=O) groups excluding carboxylic acids is 1. The van der Waals surface area contributed by atoms with Crippen LogP contribution in [0.4, 0.5) is 0 Å². The van der Waals surface area contributed by atoms with Gasteiger partial charge in [-0.2, -0.15) is 0 Å². The van der Waals surface area contributed by atoms with E-state index in [1.54, 1.807) is 0 Å². The molecule has 1 aliphatic heterocycles. The molecule has 3 rings (SSSR count). The standard InChI is InChI=1S/C22H27NO3/c1-15(2)23(16(3)4)13-14-25-22(24)21-17-9-5-7-11-19(17)26-20-12-8-6-10-18(20)21/h5-12,15-16,21H,13-14H2,1-4H3. The van der Waals surface area contributed by atoms with E-state index in [4.69, 9.17) is 9.47 Å². The van der Waals surface area contributed by atoms with E-state index in [1.165, 1.54) is 0 Å². The van der Waals surface area contributed by atoms with Crippen LogP contribution in [0.2, 0.25) is 0 Å². The second-order valence-corrected chi connectivity index (χ2v) is 7.20. The first-order valence-corrected chi connectivity index (χ1v) is 9.27. The average Bonchev–Trinajstić information content (AvgIpc) is 2.62. The molecular formula is C22H27NO3. The van der Waals surface area contributed by atoms with Gasteiger partial charge in [-0.05, 0) is 39.8 Å². The van der Waals surface area contributed by atoms with Crippen LogP contribution < -0.4 is 4.74 Å². The highest BCUT2D eigenvalue weighted by Gasteiger charge is 2.33. The molecule has 0 radical (unpaired) electrons. The van der Waals surface area contributed by atoms with Gasteiger partial charge in [-0.1, -0.05) is 36.4 Å². The van der Waals surface area contributed by atoms with Gasteiger partial charge < -0.3 is 9.47 Å². The molecule has 0 unspecified atom stereocenters. The molecule has 1 heterocycles. The summed E-state index contributed by atoms with van der Waals surface area (Å²) in [5.74, 6) is 0.779. The van der Waals surface area contributed by atoms with Crippen molar-refractivity contribution in [2.45, 2.75) is 45.7 Å². The first-order valence-electron chi connectivity index (χ1n) is 9.27. The molecule has 4 nitrogen and oxygen atoms in total. The maximum absolute atomic E-state index is 12.9. The van der Waals surface area contributed by atoms with E-state index < -0.39 is 5.92 Å². The van der Waals surface area contributed by atoms with Crippen molar-refractivity contribution in [3.63, 3.8) is 0 Å². The van der Waals surface area contributed by atoms with Crippen LogP contribution in [0.25, 0.3) is 0 Å². The third kappa shape index (κ3) is 3.75. The van der Waals surface area contributed by atoms with E-state index >= 15 is 0 Å². The fourth-order valence-corrected chi connectivity index (χ4v) is 3.61. The normalized spacial score (nSPS) is 13.5. The van der Waals surface area contributed by atoms with Gasteiger partial charge in [0, 0.05) is 29.8 Å². The lowest BCUT2D eigenvalue weighted by Gasteiger charge is -2.31. The van der Waals surface area contributed by atoms with Gasteiger partial charge in [0.25, 0.3) is 0 Å². The van der Waals surface area contributed by atoms with Crippen molar-refractivity contribution in [2.24, 2.45) is 0 Å². The van der Waals surface area contributed by atoms with Crippen LogP contribution in [-0.4, -0.2) is 36.1 Å². The first-order chi connectivity index (χ1) is 12.5. The van der Waals surface area contributed by atoms with Gasteiger partial charge in [0.1, 0.15) is 24.0 Å². The van der Waals surface area contributed by atoms with Crippen LogP contribution in [0.3, 0.4) is 0 Å². The average molecular weight is 353 g/mol. The van der Waals surface area contributed by atoms with Gasteiger partial charge in [0.15, 0.2) is 0 Å². The summed E-state index contributed by atoms with van der Waals surface area (Å²) in [5.41, 5.74) is 1.72. The molecule has 0 bridgehead atoms. The van der Waals surface area contributed by atoms with Crippen LogP contribution in [0, 0.1) is 0 Å². The molecular weight excluding hydrogens is 326 g/mol. The quantitative estimate of drug-likeness (QED) is 0.712. The van der Waals surface area contributed by atoms with Crippen molar-refractivity contribution in [1.82, 2.24) is 4.90 Å². The highest BCUT2D eigenvalue weighted by molar-refractivity contribution is 5.85. The Hall–Kier alpha value is -2.33. The van der Waals surface area contributed by atoms with E-state index in [1.807, 2.05) is 48.5 Å². The topological polar surface area (TPSA) is 38.8 Å². The molecule has 0 fully saturated rings. The molecule has 4 heteroatoms. The molecule has 0 spiro atoms. The molecule has 0 saturated carbocycles. The van der Waals surface area contributed by atoms with Crippen LogP contribution in [0.5, 0.6) is 11.5 Å². The smallest absolute Gasteiger partial charge is 0.318 e. The molecule has 1 aliphatic rings. The van der Waals surface area contributed by atoms with E-state index in [0.29, 0.717) is 18.7 Å². The number of fused-ring (bicyclic) bond motifs is 2. The number of carbonyl (C=O) groups is 1. The van der Waals surface area contributed by atoms with Crippen molar-refractivity contribution in [2.75, 3.05) is 13.2 Å². The number of rotatable bonds is 6. The zero-order valence-corrected chi connectivity index (χ0v) is 15.9. The fraction of sp³-hybridized carbons (Fsp3) is 0.409. The molecule has 0 aromatic heterocycles.